The highest BCUT2D eigenvalue weighted by molar-refractivity contribution is 5.75. The van der Waals surface area contributed by atoms with Crippen molar-refractivity contribution in [2.75, 3.05) is 26.8 Å². The Kier molecular flexibility index (Phi) is 5.21. The Morgan fingerprint density at radius 2 is 2.11 bits per heavy atom. The van der Waals surface area contributed by atoms with Gasteiger partial charge in [-0.2, -0.15) is 0 Å². The van der Waals surface area contributed by atoms with Crippen LogP contribution >= 0.6 is 0 Å². The fourth-order valence-electron chi connectivity index (χ4n) is 2.46. The van der Waals surface area contributed by atoms with Crippen molar-refractivity contribution in [3.63, 3.8) is 0 Å². The lowest BCUT2D eigenvalue weighted by Crippen LogP contribution is -2.46. The van der Waals surface area contributed by atoms with Crippen LogP contribution in [-0.4, -0.2) is 43.7 Å². The number of hydrogen-bond acceptors (Lipinski definition) is 4. The summed E-state index contributed by atoms with van der Waals surface area (Å²) >= 11 is 0. The molecule has 0 spiro atoms. The third-order valence-corrected chi connectivity index (χ3v) is 3.48. The molecule has 1 fully saturated rings. The van der Waals surface area contributed by atoms with E-state index in [1.54, 1.807) is 0 Å². The number of carbonyl (C=O) groups excluding carboxylic acids is 1. The Morgan fingerprint density at radius 3 is 2.84 bits per heavy atom. The summed E-state index contributed by atoms with van der Waals surface area (Å²) in [4.78, 5) is 13.9. The molecule has 0 aliphatic carbocycles. The molecular weight excluding hydrogens is 242 g/mol. The number of carbonyl (C=O) groups is 1. The predicted molar refractivity (Wildman–Crippen MR) is 73.2 cm³/mol. The molecule has 0 unspecified atom stereocenters. The zero-order valence-electron chi connectivity index (χ0n) is 11.4. The van der Waals surface area contributed by atoms with Crippen LogP contribution in [-0.2, 0) is 9.53 Å². The Morgan fingerprint density at radius 1 is 1.32 bits per heavy atom. The molecule has 0 bridgehead atoms. The van der Waals surface area contributed by atoms with Gasteiger partial charge in [0.05, 0.1) is 7.11 Å². The summed E-state index contributed by atoms with van der Waals surface area (Å²) in [6.07, 6.45) is 3.12. The number of piperidine rings is 1. The summed E-state index contributed by atoms with van der Waals surface area (Å²) in [7, 11) is 1.45. The van der Waals surface area contributed by atoms with Crippen molar-refractivity contribution in [3.05, 3.63) is 30.3 Å². The standard InChI is InChI=1S/C15H21NO3/c1-18-15(17)14-9-5-6-10-16(14)11-12-19-13-7-3-2-4-8-13/h2-4,7-8,14H,5-6,9-12H2,1H3/t14-/m0/s1. The van der Waals surface area contributed by atoms with E-state index in [9.17, 15) is 4.79 Å². The first-order chi connectivity index (χ1) is 9.31. The zero-order valence-corrected chi connectivity index (χ0v) is 11.4. The smallest absolute Gasteiger partial charge is 0.323 e. The first-order valence-corrected chi connectivity index (χ1v) is 6.81. The van der Waals surface area contributed by atoms with Crippen molar-refractivity contribution in [1.29, 1.82) is 0 Å². The molecule has 2 rings (SSSR count). The van der Waals surface area contributed by atoms with Gasteiger partial charge >= 0.3 is 5.97 Å². The fourth-order valence-corrected chi connectivity index (χ4v) is 2.46. The van der Waals surface area contributed by atoms with E-state index in [1.165, 1.54) is 7.11 Å². The van der Waals surface area contributed by atoms with Crippen LogP contribution in [0.1, 0.15) is 19.3 Å². The van der Waals surface area contributed by atoms with Crippen molar-refractivity contribution in [3.8, 4) is 5.75 Å². The Labute approximate surface area is 114 Å². The second kappa shape index (κ2) is 7.14. The SMILES string of the molecule is COC(=O)[C@@H]1CCCCN1CCOc1ccccc1. The van der Waals surface area contributed by atoms with E-state index in [1.807, 2.05) is 30.3 Å². The summed E-state index contributed by atoms with van der Waals surface area (Å²) in [6.45, 7) is 2.30. The highest BCUT2D eigenvalue weighted by atomic mass is 16.5. The predicted octanol–water partition coefficient (Wildman–Crippen LogP) is 2.09. The number of likely N-dealkylation sites (tertiary alicyclic amines) is 1. The maximum atomic E-state index is 11.7. The van der Waals surface area contributed by atoms with Gasteiger partial charge in [-0.05, 0) is 31.5 Å². The zero-order chi connectivity index (χ0) is 13.5. The second-order valence-corrected chi connectivity index (χ2v) is 4.73. The number of esters is 1. The van der Waals surface area contributed by atoms with Crippen molar-refractivity contribution < 1.29 is 14.3 Å². The number of rotatable bonds is 5. The van der Waals surface area contributed by atoms with Crippen LogP contribution in [0.15, 0.2) is 30.3 Å². The topological polar surface area (TPSA) is 38.8 Å². The molecule has 0 aromatic heterocycles. The summed E-state index contributed by atoms with van der Waals surface area (Å²) in [5, 5.41) is 0. The molecule has 0 saturated carbocycles. The maximum absolute atomic E-state index is 11.7. The minimum absolute atomic E-state index is 0.0990. The second-order valence-electron chi connectivity index (χ2n) is 4.73. The summed E-state index contributed by atoms with van der Waals surface area (Å²) in [5.41, 5.74) is 0. The molecule has 104 valence electrons. The molecule has 1 aromatic carbocycles. The quantitative estimate of drug-likeness (QED) is 0.763. The molecular formula is C15H21NO3. The van der Waals surface area contributed by atoms with Crippen LogP contribution in [0, 0.1) is 0 Å². The molecule has 4 nitrogen and oxygen atoms in total. The van der Waals surface area contributed by atoms with Gasteiger partial charge in [0.1, 0.15) is 18.4 Å². The summed E-state index contributed by atoms with van der Waals surface area (Å²) < 4.78 is 10.5. The van der Waals surface area contributed by atoms with Crippen LogP contribution < -0.4 is 4.74 Å². The van der Waals surface area contributed by atoms with Gasteiger partial charge in [-0.1, -0.05) is 24.6 Å². The van der Waals surface area contributed by atoms with Gasteiger partial charge in [0.25, 0.3) is 0 Å². The first kappa shape index (κ1) is 13.9. The number of para-hydroxylation sites is 1. The highest BCUT2D eigenvalue weighted by Crippen LogP contribution is 2.18. The number of hydrogen-bond donors (Lipinski definition) is 0. The number of benzene rings is 1. The van der Waals surface area contributed by atoms with Crippen molar-refractivity contribution in [2.45, 2.75) is 25.3 Å². The Balaban J connectivity index is 1.81. The average Bonchev–Trinajstić information content (AvgIpc) is 2.48. The van der Waals surface area contributed by atoms with Gasteiger partial charge in [-0.3, -0.25) is 9.69 Å². The third kappa shape index (κ3) is 3.96. The third-order valence-electron chi connectivity index (χ3n) is 3.48. The molecule has 1 saturated heterocycles. The number of nitrogens with zero attached hydrogens (tertiary/aromatic N) is 1. The van der Waals surface area contributed by atoms with Gasteiger partial charge in [0.2, 0.25) is 0 Å². The lowest BCUT2D eigenvalue weighted by Gasteiger charge is -2.33. The van der Waals surface area contributed by atoms with Gasteiger partial charge in [-0.25, -0.2) is 0 Å². The molecule has 0 N–H and O–H groups in total. The molecule has 0 amide bonds. The van der Waals surface area contributed by atoms with Crippen molar-refractivity contribution in [2.24, 2.45) is 0 Å². The fraction of sp³-hybridized carbons (Fsp3) is 0.533. The van der Waals surface area contributed by atoms with E-state index in [0.717, 1.165) is 38.1 Å². The lowest BCUT2D eigenvalue weighted by atomic mass is 10.0. The molecule has 1 aromatic rings. The largest absolute Gasteiger partial charge is 0.492 e. The van der Waals surface area contributed by atoms with E-state index in [4.69, 9.17) is 9.47 Å². The molecule has 19 heavy (non-hydrogen) atoms. The lowest BCUT2D eigenvalue weighted by molar-refractivity contribution is -0.148. The molecule has 1 atom stereocenters. The van der Waals surface area contributed by atoms with Gasteiger partial charge < -0.3 is 9.47 Å². The number of ether oxygens (including phenoxy) is 2. The molecule has 1 aliphatic heterocycles. The maximum Gasteiger partial charge on any atom is 0.323 e. The van der Waals surface area contributed by atoms with Crippen molar-refractivity contribution >= 4 is 5.97 Å². The van der Waals surface area contributed by atoms with E-state index in [-0.39, 0.29) is 12.0 Å². The van der Waals surface area contributed by atoms with Gasteiger partial charge in [0.15, 0.2) is 0 Å². The summed E-state index contributed by atoms with van der Waals surface area (Å²) in [5.74, 6) is 0.744. The van der Waals surface area contributed by atoms with Crippen molar-refractivity contribution in [1.82, 2.24) is 4.90 Å². The van der Waals surface area contributed by atoms with E-state index >= 15 is 0 Å². The van der Waals surface area contributed by atoms with E-state index in [2.05, 4.69) is 4.90 Å². The van der Waals surface area contributed by atoms with Crippen LogP contribution in [0.4, 0.5) is 0 Å². The minimum Gasteiger partial charge on any atom is -0.492 e. The normalized spacial score (nSPS) is 19.9. The van der Waals surface area contributed by atoms with Crippen LogP contribution in [0.5, 0.6) is 5.75 Å². The monoisotopic (exact) mass is 263 g/mol. The minimum atomic E-state index is -0.126. The Bertz CT molecular complexity index is 394. The summed E-state index contributed by atoms with van der Waals surface area (Å²) in [6, 6.07) is 9.64. The van der Waals surface area contributed by atoms with E-state index in [0.29, 0.717) is 6.61 Å². The van der Waals surface area contributed by atoms with E-state index < -0.39 is 0 Å². The number of methoxy groups -OCH3 is 1. The first-order valence-electron chi connectivity index (χ1n) is 6.81. The molecule has 1 aliphatic rings. The average molecular weight is 263 g/mol. The van der Waals surface area contributed by atoms with Crippen LogP contribution in [0.25, 0.3) is 0 Å². The molecule has 1 heterocycles. The molecule has 4 heteroatoms. The van der Waals surface area contributed by atoms with Gasteiger partial charge in [0, 0.05) is 6.54 Å². The Hall–Kier alpha value is -1.55. The highest BCUT2D eigenvalue weighted by Gasteiger charge is 2.28. The van der Waals surface area contributed by atoms with Gasteiger partial charge in [-0.15, -0.1) is 0 Å². The van der Waals surface area contributed by atoms with Crippen LogP contribution in [0.2, 0.25) is 0 Å². The van der Waals surface area contributed by atoms with Crippen LogP contribution in [0.3, 0.4) is 0 Å². The molecule has 0 radical (unpaired) electrons.